The first-order chi connectivity index (χ1) is 13.4. The van der Waals surface area contributed by atoms with E-state index in [-0.39, 0.29) is 12.8 Å². The molecule has 4 atom stereocenters. The summed E-state index contributed by atoms with van der Waals surface area (Å²) in [5, 5.41) is 0. The van der Waals surface area contributed by atoms with E-state index < -0.39 is 47.2 Å². The van der Waals surface area contributed by atoms with Gasteiger partial charge in [-0.15, -0.1) is 0 Å². The molecule has 29 heavy (non-hydrogen) atoms. The largest absolute Gasteiger partial charge is 0.748 e. The van der Waals surface area contributed by atoms with E-state index in [1.807, 2.05) is 0 Å². The smallest absolute Gasteiger partial charge is 0.166 e. The maximum absolute atomic E-state index is 13.3. The van der Waals surface area contributed by atoms with Crippen LogP contribution < -0.4 is 0 Å². The van der Waals surface area contributed by atoms with Crippen LogP contribution in [0.25, 0.3) is 0 Å². The van der Waals surface area contributed by atoms with Gasteiger partial charge in [0, 0.05) is 0 Å². The summed E-state index contributed by atoms with van der Waals surface area (Å²) in [4.78, 5) is 0. The van der Waals surface area contributed by atoms with Crippen molar-refractivity contribution in [1.82, 2.24) is 0 Å². The number of unbranched alkanes of at least 4 members (excludes halogenated alkanes) is 3. The van der Waals surface area contributed by atoms with E-state index >= 15 is 0 Å². The number of hydrogen-bond acceptors (Lipinski definition) is 3. The van der Waals surface area contributed by atoms with Crippen molar-refractivity contribution in [2.75, 3.05) is 38.6 Å². The summed E-state index contributed by atoms with van der Waals surface area (Å²) in [6.45, 7) is 13.7. The van der Waals surface area contributed by atoms with Crippen LogP contribution in [0, 0.1) is 0 Å². The monoisotopic (exact) mass is 455 g/mol. The quantitative estimate of drug-likeness (QED) is 0.156. The lowest BCUT2D eigenvalue weighted by Crippen LogP contribution is -2.47. The molecule has 0 aliphatic rings. The zero-order valence-corrected chi connectivity index (χ0v) is 18.9. The Morgan fingerprint density at radius 1 is 0.759 bits per heavy atom. The van der Waals surface area contributed by atoms with Gasteiger partial charge >= 0.3 is 0 Å². The summed E-state index contributed by atoms with van der Waals surface area (Å²) in [5.74, 6) is -1.72. The summed E-state index contributed by atoms with van der Waals surface area (Å²) in [7, 11) is -5.04. The molecule has 10 heteroatoms. The van der Waals surface area contributed by atoms with Crippen LogP contribution in [-0.4, -0.2) is 80.7 Å². The SMILES string of the molecule is CC[N+](CC)(CC)CC.O=S(=O)([O-])CC(F)C(F)C(F)C(F)CCCCCCF. The Kier molecular flexibility index (Phi) is 17.2. The van der Waals surface area contributed by atoms with Crippen molar-refractivity contribution in [3.8, 4) is 0 Å². The lowest BCUT2D eigenvalue weighted by Gasteiger charge is -2.34. The predicted octanol–water partition coefficient (Wildman–Crippen LogP) is 4.69. The van der Waals surface area contributed by atoms with Crippen LogP contribution >= 0.6 is 0 Å². The van der Waals surface area contributed by atoms with Crippen molar-refractivity contribution in [1.29, 1.82) is 0 Å². The van der Waals surface area contributed by atoms with Crippen molar-refractivity contribution in [2.45, 2.75) is 84.5 Å². The van der Waals surface area contributed by atoms with Crippen LogP contribution in [0.1, 0.15) is 59.8 Å². The van der Waals surface area contributed by atoms with Gasteiger partial charge in [-0.25, -0.2) is 26.0 Å². The molecule has 0 heterocycles. The van der Waals surface area contributed by atoms with Crippen LogP contribution in [0.15, 0.2) is 0 Å². The normalized spacial score (nSPS) is 16.5. The van der Waals surface area contributed by atoms with Gasteiger partial charge in [0.25, 0.3) is 0 Å². The molecule has 4 nitrogen and oxygen atoms in total. The number of rotatable bonds is 15. The summed E-state index contributed by atoms with van der Waals surface area (Å²) < 4.78 is 96.3. The van der Waals surface area contributed by atoms with E-state index in [0.717, 1.165) is 0 Å². The molecule has 0 fully saturated rings. The molecule has 4 unspecified atom stereocenters. The average Bonchev–Trinajstić information content (AvgIpc) is 2.68. The number of hydrogen-bond donors (Lipinski definition) is 0. The third-order valence-corrected chi connectivity index (χ3v) is 6.13. The second kappa shape index (κ2) is 16.2. The molecule has 0 saturated heterocycles. The van der Waals surface area contributed by atoms with Gasteiger partial charge in [0.2, 0.25) is 0 Å². The minimum Gasteiger partial charge on any atom is -0.748 e. The van der Waals surface area contributed by atoms with Gasteiger partial charge in [-0.3, -0.25) is 4.39 Å². The first kappa shape index (κ1) is 30.7. The Hall–Kier alpha value is -0.480. The van der Waals surface area contributed by atoms with Crippen LogP contribution in [-0.2, 0) is 10.1 Å². The van der Waals surface area contributed by atoms with Crippen LogP contribution in [0.3, 0.4) is 0 Å². The molecule has 0 aliphatic carbocycles. The van der Waals surface area contributed by atoms with E-state index in [2.05, 4.69) is 27.7 Å². The lowest BCUT2D eigenvalue weighted by atomic mass is 10.0. The molecule has 0 aromatic rings. The molecule has 0 aromatic heterocycles. The zero-order valence-electron chi connectivity index (χ0n) is 18.1. The number of nitrogens with zero attached hydrogens (tertiary/aromatic N) is 1. The van der Waals surface area contributed by atoms with E-state index in [9.17, 15) is 34.9 Å². The Bertz CT molecular complexity index is 475. The van der Waals surface area contributed by atoms with Crippen molar-refractivity contribution in [2.24, 2.45) is 0 Å². The molecular formula is C19H38F5NO3S. The Balaban J connectivity index is 0. The van der Waals surface area contributed by atoms with Crippen molar-refractivity contribution in [3.63, 3.8) is 0 Å². The molecule has 0 radical (unpaired) electrons. The maximum Gasteiger partial charge on any atom is 0.166 e. The number of halogens is 5. The Labute approximate surface area is 173 Å². The molecule has 178 valence electrons. The van der Waals surface area contributed by atoms with Crippen LogP contribution in [0.2, 0.25) is 0 Å². The van der Waals surface area contributed by atoms with Gasteiger partial charge in [-0.2, -0.15) is 0 Å². The zero-order chi connectivity index (χ0) is 23.1. The van der Waals surface area contributed by atoms with Gasteiger partial charge in [-0.05, 0) is 40.5 Å². The van der Waals surface area contributed by atoms with Crippen LogP contribution in [0.5, 0.6) is 0 Å². The van der Waals surface area contributed by atoms with E-state index in [0.29, 0.717) is 19.3 Å². The lowest BCUT2D eigenvalue weighted by molar-refractivity contribution is -0.921. The highest BCUT2D eigenvalue weighted by Crippen LogP contribution is 2.22. The third kappa shape index (κ3) is 14.2. The second-order valence-corrected chi connectivity index (χ2v) is 8.59. The molecule has 0 amide bonds. The van der Waals surface area contributed by atoms with Crippen molar-refractivity contribution >= 4 is 10.1 Å². The van der Waals surface area contributed by atoms with E-state index in [4.69, 9.17) is 0 Å². The molecular weight excluding hydrogens is 417 g/mol. The predicted molar refractivity (Wildman–Crippen MR) is 106 cm³/mol. The molecule has 0 saturated carbocycles. The highest BCUT2D eigenvalue weighted by Gasteiger charge is 2.36. The molecule has 0 aromatic carbocycles. The van der Waals surface area contributed by atoms with Gasteiger partial charge < -0.3 is 9.04 Å². The van der Waals surface area contributed by atoms with E-state index in [1.165, 1.54) is 30.7 Å². The van der Waals surface area contributed by atoms with Gasteiger partial charge in [0.05, 0.1) is 48.7 Å². The Morgan fingerprint density at radius 2 is 1.17 bits per heavy atom. The minimum atomic E-state index is -5.04. The third-order valence-electron chi connectivity index (χ3n) is 5.41. The highest BCUT2D eigenvalue weighted by atomic mass is 32.2. The van der Waals surface area contributed by atoms with Gasteiger partial charge in [0.15, 0.2) is 12.3 Å². The fourth-order valence-corrected chi connectivity index (χ4v) is 3.55. The van der Waals surface area contributed by atoms with Crippen molar-refractivity contribution in [3.05, 3.63) is 0 Å². The number of quaternary nitrogens is 1. The minimum absolute atomic E-state index is 0.186. The van der Waals surface area contributed by atoms with Gasteiger partial charge in [-0.1, -0.05) is 19.3 Å². The summed E-state index contributed by atoms with van der Waals surface area (Å²) in [6.07, 6.45) is -9.97. The fraction of sp³-hybridized carbons (Fsp3) is 1.00. The molecule has 0 bridgehead atoms. The molecule has 0 aliphatic heterocycles. The molecule has 0 N–H and O–H groups in total. The average molecular weight is 456 g/mol. The fourth-order valence-electron chi connectivity index (χ4n) is 2.97. The van der Waals surface area contributed by atoms with Gasteiger partial charge in [0.1, 0.15) is 12.3 Å². The maximum atomic E-state index is 13.3. The topological polar surface area (TPSA) is 57.2 Å². The summed E-state index contributed by atoms with van der Waals surface area (Å²) in [5.41, 5.74) is 0. The summed E-state index contributed by atoms with van der Waals surface area (Å²) >= 11 is 0. The van der Waals surface area contributed by atoms with Crippen molar-refractivity contribution < 1.29 is 39.4 Å². The first-order valence-corrected chi connectivity index (χ1v) is 11.9. The highest BCUT2D eigenvalue weighted by molar-refractivity contribution is 7.85. The molecule has 0 spiro atoms. The second-order valence-electron chi connectivity index (χ2n) is 7.14. The molecule has 0 rings (SSSR count). The van der Waals surface area contributed by atoms with E-state index in [1.54, 1.807) is 0 Å². The Morgan fingerprint density at radius 3 is 1.52 bits per heavy atom. The summed E-state index contributed by atoms with van der Waals surface area (Å²) in [6, 6.07) is 0. The standard InChI is InChI=1S/C11H19F5O3S.C8H20N/c12-6-4-2-1-3-5-8(13)10(15)11(16)9(14)7-20(17,18)19;1-5-9(6-2,7-3)8-4/h8-11H,1-7H2,(H,17,18,19);5-8H2,1-4H3/q;+1/p-1. The first-order valence-electron chi connectivity index (χ1n) is 10.3. The number of alkyl halides is 5. The van der Waals surface area contributed by atoms with Crippen LogP contribution in [0.4, 0.5) is 22.0 Å².